The molecule has 0 bridgehead atoms. The van der Waals surface area contributed by atoms with Crippen LogP contribution in [-0.2, 0) is 14.3 Å². The lowest BCUT2D eigenvalue weighted by atomic mass is 10.3. The Kier molecular flexibility index (Phi) is 3.82. The highest BCUT2D eigenvalue weighted by molar-refractivity contribution is 5.98. The minimum absolute atomic E-state index is 0.133. The second-order valence-corrected chi connectivity index (χ2v) is 2.32. The Labute approximate surface area is 70.8 Å². The lowest BCUT2D eigenvalue weighted by Gasteiger charge is -2.09. The van der Waals surface area contributed by atoms with E-state index >= 15 is 0 Å². The van der Waals surface area contributed by atoms with Gasteiger partial charge in [-0.25, -0.2) is 4.79 Å². The molecule has 0 saturated heterocycles. The third kappa shape index (κ3) is 3.05. The standard InChI is InChI=1S/C7H12N2O3/c1-9(2)7(11)5(8)4-6(10)12-3/h4H,8H2,1-3H3. The molecule has 0 heterocycles. The van der Waals surface area contributed by atoms with Crippen LogP contribution < -0.4 is 5.73 Å². The molecule has 0 aliphatic rings. The third-order valence-electron chi connectivity index (χ3n) is 1.13. The Morgan fingerprint density at radius 1 is 1.42 bits per heavy atom. The van der Waals surface area contributed by atoms with Gasteiger partial charge < -0.3 is 15.4 Å². The summed E-state index contributed by atoms with van der Waals surface area (Å²) in [6.45, 7) is 0. The van der Waals surface area contributed by atoms with Crippen molar-refractivity contribution in [3.8, 4) is 0 Å². The highest BCUT2D eigenvalue weighted by Gasteiger charge is 2.08. The zero-order valence-electron chi connectivity index (χ0n) is 7.33. The molecule has 2 N–H and O–H groups in total. The number of likely N-dealkylation sites (N-methyl/N-ethyl adjacent to an activating group) is 1. The summed E-state index contributed by atoms with van der Waals surface area (Å²) < 4.78 is 4.28. The molecule has 0 aromatic carbocycles. The number of carbonyl (C=O) groups excluding carboxylic acids is 2. The summed E-state index contributed by atoms with van der Waals surface area (Å²) >= 11 is 0. The number of nitrogens with zero attached hydrogens (tertiary/aromatic N) is 1. The first-order chi connectivity index (χ1) is 5.49. The summed E-state index contributed by atoms with van der Waals surface area (Å²) in [5, 5.41) is 0. The molecule has 0 fully saturated rings. The molecule has 0 aromatic heterocycles. The maximum atomic E-state index is 11.0. The number of ether oxygens (including phenoxy) is 1. The fourth-order valence-corrected chi connectivity index (χ4v) is 0.506. The van der Waals surface area contributed by atoms with Crippen molar-refractivity contribution < 1.29 is 14.3 Å². The maximum Gasteiger partial charge on any atom is 0.332 e. The number of esters is 1. The zero-order chi connectivity index (χ0) is 9.72. The molecule has 0 aromatic rings. The Hall–Kier alpha value is -1.52. The van der Waals surface area contributed by atoms with Crippen LogP contribution in [0.4, 0.5) is 0 Å². The summed E-state index contributed by atoms with van der Waals surface area (Å²) in [5.41, 5.74) is 5.13. The van der Waals surface area contributed by atoms with Gasteiger partial charge in [-0.15, -0.1) is 0 Å². The molecule has 0 atom stereocenters. The lowest BCUT2D eigenvalue weighted by molar-refractivity contribution is -0.135. The summed E-state index contributed by atoms with van der Waals surface area (Å²) in [5.74, 6) is -1.05. The average molecular weight is 172 g/mol. The quantitative estimate of drug-likeness (QED) is 0.432. The molecule has 5 nitrogen and oxygen atoms in total. The van der Waals surface area contributed by atoms with Gasteiger partial charge in [-0.05, 0) is 0 Å². The fourth-order valence-electron chi connectivity index (χ4n) is 0.506. The summed E-state index contributed by atoms with van der Waals surface area (Å²) in [6, 6.07) is 0. The molecule has 0 saturated carbocycles. The van der Waals surface area contributed by atoms with Crippen molar-refractivity contribution >= 4 is 11.9 Å². The van der Waals surface area contributed by atoms with Crippen LogP contribution in [0.3, 0.4) is 0 Å². The van der Waals surface area contributed by atoms with Gasteiger partial charge in [0.1, 0.15) is 5.70 Å². The Bertz CT molecular complexity index is 221. The zero-order valence-corrected chi connectivity index (χ0v) is 7.33. The number of nitrogens with two attached hydrogens (primary N) is 1. The topological polar surface area (TPSA) is 72.6 Å². The van der Waals surface area contributed by atoms with Crippen LogP contribution in [0.5, 0.6) is 0 Å². The van der Waals surface area contributed by atoms with Crippen molar-refractivity contribution in [2.45, 2.75) is 0 Å². The van der Waals surface area contributed by atoms with E-state index < -0.39 is 11.9 Å². The average Bonchev–Trinajstić information content (AvgIpc) is 2.02. The van der Waals surface area contributed by atoms with Crippen molar-refractivity contribution in [3.63, 3.8) is 0 Å². The number of rotatable bonds is 2. The van der Waals surface area contributed by atoms with E-state index in [0.717, 1.165) is 6.08 Å². The van der Waals surface area contributed by atoms with E-state index in [-0.39, 0.29) is 5.70 Å². The van der Waals surface area contributed by atoms with E-state index in [0.29, 0.717) is 0 Å². The molecule has 0 aliphatic heterocycles. The summed E-state index contributed by atoms with van der Waals surface area (Å²) in [7, 11) is 4.30. The maximum absolute atomic E-state index is 11.0. The van der Waals surface area contributed by atoms with Gasteiger partial charge in [0, 0.05) is 14.1 Å². The second-order valence-electron chi connectivity index (χ2n) is 2.32. The van der Waals surface area contributed by atoms with E-state index in [9.17, 15) is 9.59 Å². The molecule has 0 unspecified atom stereocenters. The van der Waals surface area contributed by atoms with E-state index in [2.05, 4.69) is 4.74 Å². The number of methoxy groups -OCH3 is 1. The van der Waals surface area contributed by atoms with Crippen molar-refractivity contribution in [2.75, 3.05) is 21.2 Å². The van der Waals surface area contributed by atoms with Crippen molar-refractivity contribution in [1.29, 1.82) is 0 Å². The van der Waals surface area contributed by atoms with Crippen molar-refractivity contribution in [3.05, 3.63) is 11.8 Å². The first-order valence-electron chi connectivity index (χ1n) is 3.25. The van der Waals surface area contributed by atoms with Gasteiger partial charge >= 0.3 is 5.97 Å². The van der Waals surface area contributed by atoms with E-state index in [4.69, 9.17) is 5.73 Å². The molecule has 5 heteroatoms. The van der Waals surface area contributed by atoms with Crippen molar-refractivity contribution in [1.82, 2.24) is 4.90 Å². The van der Waals surface area contributed by atoms with Gasteiger partial charge in [0.25, 0.3) is 5.91 Å². The van der Waals surface area contributed by atoms with Crippen molar-refractivity contribution in [2.24, 2.45) is 5.73 Å². The lowest BCUT2D eigenvalue weighted by Crippen LogP contribution is -2.28. The highest BCUT2D eigenvalue weighted by Crippen LogP contribution is 1.90. The Morgan fingerprint density at radius 3 is 2.25 bits per heavy atom. The van der Waals surface area contributed by atoms with Crippen LogP contribution in [0.1, 0.15) is 0 Å². The molecule has 0 aliphatic carbocycles. The number of hydrogen-bond donors (Lipinski definition) is 1. The fraction of sp³-hybridized carbons (Fsp3) is 0.429. The van der Waals surface area contributed by atoms with Gasteiger partial charge in [-0.2, -0.15) is 0 Å². The van der Waals surface area contributed by atoms with E-state index in [1.165, 1.54) is 12.0 Å². The normalized spacial score (nSPS) is 10.8. The highest BCUT2D eigenvalue weighted by atomic mass is 16.5. The number of amides is 1. The molecular formula is C7H12N2O3. The number of carbonyl (C=O) groups is 2. The van der Waals surface area contributed by atoms with Crippen LogP contribution in [0.25, 0.3) is 0 Å². The van der Waals surface area contributed by atoms with Crippen LogP contribution in [0.15, 0.2) is 11.8 Å². The smallest absolute Gasteiger partial charge is 0.332 e. The molecule has 12 heavy (non-hydrogen) atoms. The predicted molar refractivity (Wildman–Crippen MR) is 43.0 cm³/mol. The molecule has 68 valence electrons. The van der Waals surface area contributed by atoms with Crippen LogP contribution in [0.2, 0.25) is 0 Å². The van der Waals surface area contributed by atoms with Gasteiger partial charge in [-0.3, -0.25) is 4.79 Å². The summed E-state index contributed by atoms with van der Waals surface area (Å²) in [6.07, 6.45) is 0.947. The SMILES string of the molecule is COC(=O)C=C(N)C(=O)N(C)C. The van der Waals surface area contributed by atoms with Crippen LogP contribution >= 0.6 is 0 Å². The third-order valence-corrected chi connectivity index (χ3v) is 1.13. The Balaban J connectivity index is 4.38. The van der Waals surface area contributed by atoms with Gasteiger partial charge in [-0.1, -0.05) is 0 Å². The van der Waals surface area contributed by atoms with Crippen LogP contribution in [0, 0.1) is 0 Å². The van der Waals surface area contributed by atoms with E-state index in [1.807, 2.05) is 0 Å². The van der Waals surface area contributed by atoms with Crippen LogP contribution in [-0.4, -0.2) is 38.0 Å². The molecular weight excluding hydrogens is 160 g/mol. The first-order valence-corrected chi connectivity index (χ1v) is 3.25. The van der Waals surface area contributed by atoms with Gasteiger partial charge in [0.15, 0.2) is 0 Å². The summed E-state index contributed by atoms with van der Waals surface area (Å²) in [4.78, 5) is 22.9. The largest absolute Gasteiger partial charge is 0.466 e. The van der Waals surface area contributed by atoms with Gasteiger partial charge in [0.05, 0.1) is 13.2 Å². The minimum Gasteiger partial charge on any atom is -0.466 e. The van der Waals surface area contributed by atoms with E-state index in [1.54, 1.807) is 14.1 Å². The monoisotopic (exact) mass is 172 g/mol. The Morgan fingerprint density at radius 2 is 1.92 bits per heavy atom. The molecule has 0 radical (unpaired) electrons. The first kappa shape index (κ1) is 10.5. The minimum atomic E-state index is -0.636. The molecule has 1 amide bonds. The number of hydrogen-bond acceptors (Lipinski definition) is 4. The predicted octanol–water partition coefficient (Wildman–Crippen LogP) is -0.910. The second kappa shape index (κ2) is 4.38. The van der Waals surface area contributed by atoms with Gasteiger partial charge in [0.2, 0.25) is 0 Å². The molecule has 0 rings (SSSR count). The molecule has 0 spiro atoms.